The van der Waals surface area contributed by atoms with Crippen LogP contribution in [0.4, 0.5) is 0 Å². The first-order valence-electron chi connectivity index (χ1n) is 7.85. The summed E-state index contributed by atoms with van der Waals surface area (Å²) in [6.07, 6.45) is 0. The lowest BCUT2D eigenvalue weighted by Gasteiger charge is -2.07. The normalized spacial score (nSPS) is 10.8. The number of nitrogens with zero attached hydrogens (tertiary/aromatic N) is 2. The van der Waals surface area contributed by atoms with Crippen molar-refractivity contribution in [2.75, 3.05) is 6.61 Å². The second-order valence-corrected chi connectivity index (χ2v) is 7.56. The van der Waals surface area contributed by atoms with Gasteiger partial charge in [0.25, 0.3) is 5.91 Å². The highest BCUT2D eigenvalue weighted by molar-refractivity contribution is 7.99. The molecule has 7 heteroatoms. The molecule has 0 aliphatic rings. The fourth-order valence-electron chi connectivity index (χ4n) is 2.38. The van der Waals surface area contributed by atoms with Crippen molar-refractivity contribution in [1.29, 1.82) is 0 Å². The Kier molecular flexibility index (Phi) is 5.91. The predicted molar refractivity (Wildman–Crippen MR) is 105 cm³/mol. The van der Waals surface area contributed by atoms with Crippen LogP contribution in [0.25, 0.3) is 0 Å². The maximum absolute atomic E-state index is 12.5. The highest BCUT2D eigenvalue weighted by atomic mass is 35.5. The number of rotatable bonds is 5. The zero-order valence-electron chi connectivity index (χ0n) is 14.2. The van der Waals surface area contributed by atoms with Crippen molar-refractivity contribution in [3.05, 3.63) is 70.0 Å². The van der Waals surface area contributed by atoms with Gasteiger partial charge in [-0.15, -0.1) is 0 Å². The van der Waals surface area contributed by atoms with E-state index in [-0.39, 0.29) is 12.5 Å². The summed E-state index contributed by atoms with van der Waals surface area (Å²) in [5, 5.41) is 5.67. The molecule has 1 heterocycles. The summed E-state index contributed by atoms with van der Waals surface area (Å²) in [5.74, 6) is 0.351. The van der Waals surface area contributed by atoms with E-state index in [1.165, 1.54) is 4.68 Å². The Morgan fingerprint density at radius 1 is 1.04 bits per heavy atom. The molecule has 0 radical (unpaired) electrons. The number of benzene rings is 2. The standard InChI is InChI=1S/C19H16Cl2N2O2S/c1-12-19(26-17-9-5-15(21)6-10-17)13(2)23(22-12)18(24)11-25-16-7-3-14(20)4-8-16/h3-10H,11H2,1-2H3. The zero-order valence-corrected chi connectivity index (χ0v) is 16.5. The molecule has 0 atom stereocenters. The van der Waals surface area contributed by atoms with E-state index in [4.69, 9.17) is 27.9 Å². The van der Waals surface area contributed by atoms with Crippen molar-refractivity contribution in [2.24, 2.45) is 0 Å². The number of aryl methyl sites for hydroxylation is 1. The van der Waals surface area contributed by atoms with Crippen LogP contribution in [0.15, 0.2) is 58.3 Å². The van der Waals surface area contributed by atoms with Gasteiger partial charge in [-0.05, 0) is 62.4 Å². The summed E-state index contributed by atoms with van der Waals surface area (Å²) in [7, 11) is 0. The highest BCUT2D eigenvalue weighted by Gasteiger charge is 2.18. The monoisotopic (exact) mass is 406 g/mol. The zero-order chi connectivity index (χ0) is 18.7. The lowest BCUT2D eigenvalue weighted by atomic mass is 10.3. The van der Waals surface area contributed by atoms with E-state index in [1.54, 1.807) is 36.0 Å². The number of ether oxygens (including phenoxy) is 1. The average Bonchev–Trinajstić information content (AvgIpc) is 2.91. The Morgan fingerprint density at radius 3 is 2.23 bits per heavy atom. The van der Waals surface area contributed by atoms with Gasteiger partial charge >= 0.3 is 0 Å². The Bertz CT molecular complexity index is 922. The smallest absolute Gasteiger partial charge is 0.285 e. The first-order valence-corrected chi connectivity index (χ1v) is 9.42. The third kappa shape index (κ3) is 4.41. The van der Waals surface area contributed by atoms with Gasteiger partial charge in [0, 0.05) is 14.9 Å². The number of hydrogen-bond donors (Lipinski definition) is 0. The maximum atomic E-state index is 12.5. The summed E-state index contributed by atoms with van der Waals surface area (Å²) < 4.78 is 6.91. The molecule has 1 aromatic heterocycles. The minimum Gasteiger partial charge on any atom is -0.484 e. The molecule has 0 amide bonds. The minimum atomic E-state index is -0.233. The van der Waals surface area contributed by atoms with Gasteiger partial charge in [-0.25, -0.2) is 4.68 Å². The molecule has 2 aromatic carbocycles. The van der Waals surface area contributed by atoms with E-state index in [9.17, 15) is 4.79 Å². The molecule has 4 nitrogen and oxygen atoms in total. The molecular formula is C19H16Cl2N2O2S. The van der Waals surface area contributed by atoms with Crippen molar-refractivity contribution < 1.29 is 9.53 Å². The molecule has 0 spiro atoms. The molecule has 0 N–H and O–H groups in total. The van der Waals surface area contributed by atoms with Crippen LogP contribution in [0.2, 0.25) is 10.0 Å². The van der Waals surface area contributed by atoms with Crippen molar-refractivity contribution in [1.82, 2.24) is 9.78 Å². The summed E-state index contributed by atoms with van der Waals surface area (Å²) in [6.45, 7) is 3.65. The quantitative estimate of drug-likeness (QED) is 0.546. The molecule has 0 unspecified atom stereocenters. The van der Waals surface area contributed by atoms with Gasteiger partial charge in [0.2, 0.25) is 0 Å². The fraction of sp³-hybridized carbons (Fsp3) is 0.158. The van der Waals surface area contributed by atoms with Gasteiger partial charge in [-0.3, -0.25) is 4.79 Å². The summed E-state index contributed by atoms with van der Waals surface area (Å²) in [6, 6.07) is 14.4. The van der Waals surface area contributed by atoms with Crippen LogP contribution in [0.1, 0.15) is 16.2 Å². The van der Waals surface area contributed by atoms with E-state index < -0.39 is 0 Å². The third-order valence-electron chi connectivity index (χ3n) is 3.67. The Morgan fingerprint density at radius 2 is 1.62 bits per heavy atom. The van der Waals surface area contributed by atoms with Crippen LogP contribution in [0.3, 0.4) is 0 Å². The van der Waals surface area contributed by atoms with Gasteiger partial charge in [-0.2, -0.15) is 5.10 Å². The van der Waals surface area contributed by atoms with Crippen molar-refractivity contribution in [3.8, 4) is 5.75 Å². The summed E-state index contributed by atoms with van der Waals surface area (Å²) >= 11 is 13.3. The predicted octanol–water partition coefficient (Wildman–Crippen LogP) is 5.68. The van der Waals surface area contributed by atoms with Gasteiger partial charge in [0.1, 0.15) is 5.75 Å². The molecule has 0 saturated heterocycles. The molecule has 0 bridgehead atoms. The number of carbonyl (C=O) groups is 1. The van der Waals surface area contributed by atoms with Crippen LogP contribution in [-0.2, 0) is 0 Å². The topological polar surface area (TPSA) is 44.1 Å². The fourth-order valence-corrected chi connectivity index (χ4v) is 3.56. The highest BCUT2D eigenvalue weighted by Crippen LogP contribution is 2.33. The van der Waals surface area contributed by atoms with Crippen molar-refractivity contribution in [3.63, 3.8) is 0 Å². The number of halogens is 2. The van der Waals surface area contributed by atoms with E-state index in [0.29, 0.717) is 15.8 Å². The van der Waals surface area contributed by atoms with Gasteiger partial charge in [0.05, 0.1) is 16.3 Å². The first kappa shape index (κ1) is 18.8. The lowest BCUT2D eigenvalue weighted by molar-refractivity contribution is 0.0818. The van der Waals surface area contributed by atoms with Crippen molar-refractivity contribution >= 4 is 40.9 Å². The van der Waals surface area contributed by atoms with Crippen molar-refractivity contribution in [2.45, 2.75) is 23.6 Å². The molecule has 0 aliphatic carbocycles. The van der Waals surface area contributed by atoms with Crippen LogP contribution in [0.5, 0.6) is 5.75 Å². The third-order valence-corrected chi connectivity index (χ3v) is 5.48. The molecule has 0 fully saturated rings. The van der Waals surface area contributed by atoms with Crippen LogP contribution in [-0.4, -0.2) is 22.3 Å². The molecule has 3 aromatic rings. The van der Waals surface area contributed by atoms with Crippen LogP contribution >= 0.6 is 35.0 Å². The van der Waals surface area contributed by atoms with E-state index in [0.717, 1.165) is 21.2 Å². The Balaban J connectivity index is 1.72. The number of carbonyl (C=O) groups excluding carboxylic acids is 1. The molecule has 26 heavy (non-hydrogen) atoms. The summed E-state index contributed by atoms with van der Waals surface area (Å²) in [5.41, 5.74) is 1.58. The molecule has 134 valence electrons. The van der Waals surface area contributed by atoms with E-state index in [2.05, 4.69) is 5.10 Å². The lowest BCUT2D eigenvalue weighted by Crippen LogP contribution is -2.21. The van der Waals surface area contributed by atoms with Gasteiger partial charge in [0.15, 0.2) is 6.61 Å². The second kappa shape index (κ2) is 8.16. The summed E-state index contributed by atoms with van der Waals surface area (Å²) in [4.78, 5) is 14.5. The Hall–Kier alpha value is -1.95. The number of hydrogen-bond acceptors (Lipinski definition) is 4. The second-order valence-electron chi connectivity index (χ2n) is 5.60. The van der Waals surface area contributed by atoms with Crippen LogP contribution in [0, 0.1) is 13.8 Å². The number of aromatic nitrogens is 2. The van der Waals surface area contributed by atoms with E-state index >= 15 is 0 Å². The van der Waals surface area contributed by atoms with E-state index in [1.807, 2.05) is 38.1 Å². The maximum Gasteiger partial charge on any atom is 0.285 e. The SMILES string of the molecule is Cc1nn(C(=O)COc2ccc(Cl)cc2)c(C)c1Sc1ccc(Cl)cc1. The van der Waals surface area contributed by atoms with Gasteiger partial charge in [-0.1, -0.05) is 35.0 Å². The molecule has 3 rings (SSSR count). The average molecular weight is 407 g/mol. The molecule has 0 aliphatic heterocycles. The van der Waals surface area contributed by atoms with Gasteiger partial charge < -0.3 is 4.74 Å². The van der Waals surface area contributed by atoms with Crippen LogP contribution < -0.4 is 4.74 Å². The minimum absolute atomic E-state index is 0.103. The molecular weight excluding hydrogens is 391 g/mol. The Labute approximate surface area is 166 Å². The molecule has 0 saturated carbocycles. The largest absolute Gasteiger partial charge is 0.484 e. The first-order chi connectivity index (χ1) is 12.4.